The van der Waals surface area contributed by atoms with Crippen LogP contribution in [-0.2, 0) is 13.1 Å². The SMILES string of the molecule is NC(=O)c1ccc(-c2cccc(Cl)c2Cl)cc1Cn1nc(-c2ccc(Cl)cc2)n(C[C@H](O)C(F)(F)F)c1=O. The number of nitrogens with zero attached hydrogens (tertiary/aromatic N) is 3. The average molecular weight is 586 g/mol. The summed E-state index contributed by atoms with van der Waals surface area (Å²) in [5, 5.41) is 14.8. The number of carbonyl (C=O) groups is 1. The Kier molecular flexibility index (Phi) is 7.89. The highest BCUT2D eigenvalue weighted by Gasteiger charge is 2.39. The van der Waals surface area contributed by atoms with E-state index in [0.29, 0.717) is 25.7 Å². The number of nitrogens with two attached hydrogens (primary N) is 1. The minimum absolute atomic E-state index is 0.0664. The van der Waals surface area contributed by atoms with E-state index >= 15 is 0 Å². The van der Waals surface area contributed by atoms with Crippen LogP contribution in [0, 0.1) is 0 Å². The van der Waals surface area contributed by atoms with E-state index in [1.165, 1.54) is 30.3 Å². The Morgan fingerprint density at radius 2 is 1.68 bits per heavy atom. The van der Waals surface area contributed by atoms with Gasteiger partial charge in [0.2, 0.25) is 5.91 Å². The van der Waals surface area contributed by atoms with Crippen LogP contribution in [0.1, 0.15) is 15.9 Å². The van der Waals surface area contributed by atoms with E-state index in [2.05, 4.69) is 5.10 Å². The molecule has 3 N–H and O–H groups in total. The van der Waals surface area contributed by atoms with Crippen molar-refractivity contribution in [1.29, 1.82) is 0 Å². The molecule has 0 saturated carbocycles. The zero-order valence-electron chi connectivity index (χ0n) is 19.2. The van der Waals surface area contributed by atoms with Crippen molar-refractivity contribution in [2.75, 3.05) is 0 Å². The highest BCUT2D eigenvalue weighted by Crippen LogP contribution is 2.34. The van der Waals surface area contributed by atoms with Crippen molar-refractivity contribution < 1.29 is 23.1 Å². The second-order valence-corrected chi connectivity index (χ2v) is 9.50. The van der Waals surface area contributed by atoms with Crippen LogP contribution in [0.25, 0.3) is 22.5 Å². The fourth-order valence-electron chi connectivity index (χ4n) is 3.82. The predicted molar refractivity (Wildman–Crippen MR) is 139 cm³/mol. The Hall–Kier alpha value is -3.31. The molecular weight excluding hydrogens is 568 g/mol. The van der Waals surface area contributed by atoms with Crippen LogP contribution in [0.2, 0.25) is 15.1 Å². The van der Waals surface area contributed by atoms with Gasteiger partial charge in [-0.15, -0.1) is 5.10 Å². The maximum absolute atomic E-state index is 13.2. The van der Waals surface area contributed by atoms with Gasteiger partial charge in [0.15, 0.2) is 11.9 Å². The van der Waals surface area contributed by atoms with Gasteiger partial charge < -0.3 is 10.8 Å². The van der Waals surface area contributed by atoms with E-state index in [1.54, 1.807) is 30.3 Å². The molecule has 0 aliphatic rings. The number of carbonyl (C=O) groups excluding carboxylic acids is 1. The summed E-state index contributed by atoms with van der Waals surface area (Å²) in [6.45, 7) is -1.42. The number of aliphatic hydroxyl groups excluding tert-OH is 1. The highest BCUT2D eigenvalue weighted by atomic mass is 35.5. The van der Waals surface area contributed by atoms with Crippen LogP contribution in [-0.4, -0.2) is 37.6 Å². The first-order valence-electron chi connectivity index (χ1n) is 10.9. The zero-order chi connectivity index (χ0) is 27.8. The van der Waals surface area contributed by atoms with E-state index in [9.17, 15) is 27.9 Å². The van der Waals surface area contributed by atoms with Gasteiger partial charge >= 0.3 is 11.9 Å². The molecule has 38 heavy (non-hydrogen) atoms. The van der Waals surface area contributed by atoms with Gasteiger partial charge in [0.1, 0.15) is 0 Å². The van der Waals surface area contributed by atoms with E-state index in [-0.39, 0.29) is 34.1 Å². The van der Waals surface area contributed by atoms with Gasteiger partial charge in [-0.2, -0.15) is 13.2 Å². The van der Waals surface area contributed by atoms with Gasteiger partial charge in [0.05, 0.1) is 23.1 Å². The Morgan fingerprint density at radius 3 is 2.32 bits per heavy atom. The number of aromatic nitrogens is 3. The third-order valence-electron chi connectivity index (χ3n) is 5.71. The van der Waals surface area contributed by atoms with Crippen LogP contribution in [0.5, 0.6) is 0 Å². The lowest BCUT2D eigenvalue weighted by atomic mass is 9.98. The van der Waals surface area contributed by atoms with E-state index < -0.39 is 30.4 Å². The van der Waals surface area contributed by atoms with E-state index in [1.807, 2.05) is 0 Å². The summed E-state index contributed by atoms with van der Waals surface area (Å²) in [5.41, 5.74) is 6.30. The summed E-state index contributed by atoms with van der Waals surface area (Å²) in [7, 11) is 0. The summed E-state index contributed by atoms with van der Waals surface area (Å²) in [6, 6.07) is 15.5. The topological polar surface area (TPSA) is 103 Å². The van der Waals surface area contributed by atoms with Gasteiger partial charge in [0.25, 0.3) is 0 Å². The van der Waals surface area contributed by atoms with Crippen molar-refractivity contribution in [3.8, 4) is 22.5 Å². The molecule has 0 aliphatic carbocycles. The van der Waals surface area contributed by atoms with Gasteiger partial charge in [-0.1, -0.05) is 53.0 Å². The van der Waals surface area contributed by atoms with Crippen molar-refractivity contribution in [3.05, 3.63) is 97.3 Å². The maximum atomic E-state index is 13.2. The van der Waals surface area contributed by atoms with Gasteiger partial charge in [0, 0.05) is 21.7 Å². The molecule has 0 fully saturated rings. The van der Waals surface area contributed by atoms with Crippen molar-refractivity contribution in [2.45, 2.75) is 25.4 Å². The molecule has 1 amide bonds. The third-order valence-corrected chi connectivity index (χ3v) is 6.78. The summed E-state index contributed by atoms with van der Waals surface area (Å²) >= 11 is 18.4. The summed E-state index contributed by atoms with van der Waals surface area (Å²) in [6.07, 6.45) is -7.79. The summed E-state index contributed by atoms with van der Waals surface area (Å²) in [5.74, 6) is -0.925. The Bertz CT molecular complexity index is 1570. The predicted octanol–water partition coefficient (Wildman–Crippen LogP) is 5.41. The maximum Gasteiger partial charge on any atom is 0.416 e. The molecule has 7 nitrogen and oxygen atoms in total. The summed E-state index contributed by atoms with van der Waals surface area (Å²) in [4.78, 5) is 25.4. The highest BCUT2D eigenvalue weighted by molar-refractivity contribution is 6.43. The number of amides is 1. The number of halogens is 6. The second kappa shape index (κ2) is 10.8. The first kappa shape index (κ1) is 27.7. The zero-order valence-corrected chi connectivity index (χ0v) is 21.5. The fourth-order valence-corrected chi connectivity index (χ4v) is 4.35. The first-order chi connectivity index (χ1) is 17.9. The quantitative estimate of drug-likeness (QED) is 0.303. The van der Waals surface area contributed by atoms with Crippen LogP contribution in [0.4, 0.5) is 13.2 Å². The number of aliphatic hydroxyl groups is 1. The Labute approximate surface area is 228 Å². The molecule has 1 atom stereocenters. The number of primary amides is 1. The fraction of sp³-hybridized carbons (Fsp3) is 0.160. The number of rotatable bonds is 7. The lowest BCUT2D eigenvalue weighted by molar-refractivity contribution is -0.207. The summed E-state index contributed by atoms with van der Waals surface area (Å²) < 4.78 is 41.0. The number of benzene rings is 3. The van der Waals surface area contributed by atoms with Crippen molar-refractivity contribution >= 4 is 40.7 Å². The molecule has 0 unspecified atom stereocenters. The van der Waals surface area contributed by atoms with Gasteiger partial charge in [-0.05, 0) is 53.6 Å². The monoisotopic (exact) mass is 584 g/mol. The van der Waals surface area contributed by atoms with Crippen molar-refractivity contribution in [2.24, 2.45) is 5.73 Å². The number of hydrogen-bond donors (Lipinski definition) is 2. The molecule has 0 bridgehead atoms. The Balaban J connectivity index is 1.84. The Morgan fingerprint density at radius 1 is 1.03 bits per heavy atom. The normalized spacial score (nSPS) is 12.5. The lowest BCUT2D eigenvalue weighted by Gasteiger charge is -2.15. The number of alkyl halides is 3. The molecule has 0 spiro atoms. The molecule has 0 radical (unpaired) electrons. The van der Waals surface area contributed by atoms with Crippen LogP contribution < -0.4 is 11.4 Å². The van der Waals surface area contributed by atoms with Gasteiger partial charge in [-0.25, -0.2) is 9.48 Å². The van der Waals surface area contributed by atoms with E-state index in [4.69, 9.17) is 40.5 Å². The molecule has 4 rings (SSSR count). The van der Waals surface area contributed by atoms with Crippen molar-refractivity contribution in [3.63, 3.8) is 0 Å². The molecular formula is C25H18Cl3F3N4O3. The standard InChI is InChI=1S/C25H18Cl3F3N4O3/c26-16-7-4-13(5-8-16)23-33-35(24(38)34(23)12-20(36)25(29,30)31)11-15-10-14(6-9-18(15)22(32)37)17-2-1-3-19(27)21(17)28/h1-10,20,36H,11-12H2,(H2,32,37)/t20-/m0/s1. The minimum Gasteiger partial charge on any atom is -0.382 e. The third kappa shape index (κ3) is 5.73. The first-order valence-corrected chi connectivity index (χ1v) is 12.1. The molecule has 198 valence electrons. The smallest absolute Gasteiger partial charge is 0.382 e. The lowest BCUT2D eigenvalue weighted by Crippen LogP contribution is -2.37. The van der Waals surface area contributed by atoms with Crippen LogP contribution >= 0.6 is 34.8 Å². The van der Waals surface area contributed by atoms with Crippen LogP contribution in [0.15, 0.2) is 65.5 Å². The molecule has 3 aromatic carbocycles. The average Bonchev–Trinajstić information content (AvgIpc) is 3.15. The van der Waals surface area contributed by atoms with Crippen molar-refractivity contribution in [1.82, 2.24) is 14.3 Å². The van der Waals surface area contributed by atoms with Crippen LogP contribution in [0.3, 0.4) is 0 Å². The molecule has 1 heterocycles. The number of hydrogen-bond acceptors (Lipinski definition) is 4. The van der Waals surface area contributed by atoms with E-state index in [0.717, 1.165) is 4.68 Å². The largest absolute Gasteiger partial charge is 0.416 e. The molecule has 13 heteroatoms. The molecule has 0 aliphatic heterocycles. The molecule has 4 aromatic rings. The molecule has 0 saturated heterocycles. The van der Waals surface area contributed by atoms with Gasteiger partial charge in [-0.3, -0.25) is 9.36 Å². The molecule has 1 aromatic heterocycles. The minimum atomic E-state index is -4.97. The second-order valence-electron chi connectivity index (χ2n) is 8.28.